The van der Waals surface area contributed by atoms with E-state index in [2.05, 4.69) is 48.5 Å². The fraction of sp³-hybridized carbons (Fsp3) is 0.435. The van der Waals surface area contributed by atoms with Crippen LogP contribution < -0.4 is 15.4 Å². The average Bonchev–Trinajstić information content (AvgIpc) is 2.70. The summed E-state index contributed by atoms with van der Waals surface area (Å²) in [6.45, 7) is 9.77. The monoisotopic (exact) mass is 399 g/mol. The van der Waals surface area contributed by atoms with Gasteiger partial charge in [-0.2, -0.15) is 0 Å². The Morgan fingerprint density at radius 1 is 1.10 bits per heavy atom. The SMILES string of the molecule is CCNC(=NCc1cc(OC)ccc1O)NCC(O)c1ccc(C(C)(C)C)cc1. The number of phenolic OH excluding ortho intramolecular Hbond substituents is 1. The first-order valence-electron chi connectivity index (χ1n) is 9.91. The smallest absolute Gasteiger partial charge is 0.191 e. The second-order valence-corrected chi connectivity index (χ2v) is 7.96. The zero-order valence-corrected chi connectivity index (χ0v) is 18.0. The number of aliphatic hydroxyl groups excluding tert-OH is 1. The molecule has 0 radical (unpaired) electrons. The van der Waals surface area contributed by atoms with Gasteiger partial charge in [-0.1, -0.05) is 45.0 Å². The lowest BCUT2D eigenvalue weighted by molar-refractivity contribution is 0.181. The van der Waals surface area contributed by atoms with Gasteiger partial charge in [0, 0.05) is 18.7 Å². The topological polar surface area (TPSA) is 86.1 Å². The molecule has 4 N–H and O–H groups in total. The number of rotatable bonds is 7. The van der Waals surface area contributed by atoms with Crippen molar-refractivity contribution < 1.29 is 14.9 Å². The maximum atomic E-state index is 10.5. The second kappa shape index (κ2) is 10.2. The lowest BCUT2D eigenvalue weighted by Gasteiger charge is -2.20. The van der Waals surface area contributed by atoms with Crippen LogP contribution in [-0.2, 0) is 12.0 Å². The van der Waals surface area contributed by atoms with Crippen molar-refractivity contribution in [3.8, 4) is 11.5 Å². The molecule has 29 heavy (non-hydrogen) atoms. The normalized spacial score (nSPS) is 13.1. The van der Waals surface area contributed by atoms with Gasteiger partial charge in [0.2, 0.25) is 0 Å². The van der Waals surface area contributed by atoms with Gasteiger partial charge in [0.05, 0.1) is 19.8 Å². The van der Waals surface area contributed by atoms with Crippen molar-refractivity contribution in [3.05, 3.63) is 59.2 Å². The van der Waals surface area contributed by atoms with Crippen LogP contribution in [0.2, 0.25) is 0 Å². The van der Waals surface area contributed by atoms with Crippen molar-refractivity contribution in [2.75, 3.05) is 20.2 Å². The number of benzene rings is 2. The van der Waals surface area contributed by atoms with Gasteiger partial charge in [0.1, 0.15) is 11.5 Å². The van der Waals surface area contributed by atoms with Crippen molar-refractivity contribution in [1.82, 2.24) is 10.6 Å². The van der Waals surface area contributed by atoms with Crippen LogP contribution in [0.15, 0.2) is 47.5 Å². The van der Waals surface area contributed by atoms with E-state index in [1.165, 1.54) is 5.56 Å². The molecule has 0 aliphatic rings. The summed E-state index contributed by atoms with van der Waals surface area (Å²) in [4.78, 5) is 4.50. The Labute approximate surface area is 173 Å². The minimum Gasteiger partial charge on any atom is -0.508 e. The van der Waals surface area contributed by atoms with E-state index in [9.17, 15) is 10.2 Å². The van der Waals surface area contributed by atoms with Crippen LogP contribution in [0.5, 0.6) is 11.5 Å². The Morgan fingerprint density at radius 2 is 1.79 bits per heavy atom. The number of guanidine groups is 1. The van der Waals surface area contributed by atoms with Crippen LogP contribution in [0.4, 0.5) is 0 Å². The van der Waals surface area contributed by atoms with Crippen LogP contribution in [0.25, 0.3) is 0 Å². The lowest BCUT2D eigenvalue weighted by Crippen LogP contribution is -2.39. The molecule has 6 nitrogen and oxygen atoms in total. The van der Waals surface area contributed by atoms with Crippen LogP contribution in [-0.4, -0.2) is 36.4 Å². The molecule has 0 fully saturated rings. The van der Waals surface area contributed by atoms with Crippen molar-refractivity contribution in [2.45, 2.75) is 45.8 Å². The fourth-order valence-electron chi connectivity index (χ4n) is 2.84. The minimum atomic E-state index is -0.655. The molecule has 2 aromatic carbocycles. The first kappa shape index (κ1) is 22.6. The molecule has 1 unspecified atom stereocenters. The van der Waals surface area contributed by atoms with Gasteiger partial charge < -0.3 is 25.6 Å². The van der Waals surface area contributed by atoms with E-state index < -0.39 is 6.10 Å². The van der Waals surface area contributed by atoms with Gasteiger partial charge in [0.15, 0.2) is 5.96 Å². The first-order chi connectivity index (χ1) is 13.7. The molecule has 6 heteroatoms. The van der Waals surface area contributed by atoms with E-state index in [4.69, 9.17) is 4.74 Å². The van der Waals surface area contributed by atoms with Crippen molar-refractivity contribution in [3.63, 3.8) is 0 Å². The summed E-state index contributed by atoms with van der Waals surface area (Å²) in [5.74, 6) is 1.41. The molecule has 158 valence electrons. The Bertz CT molecular complexity index is 811. The molecule has 2 aromatic rings. The summed E-state index contributed by atoms with van der Waals surface area (Å²) in [6.07, 6.45) is -0.655. The molecule has 0 aliphatic carbocycles. The van der Waals surface area contributed by atoms with Crippen molar-refractivity contribution in [1.29, 1.82) is 0 Å². The summed E-state index contributed by atoms with van der Waals surface area (Å²) in [5, 5.41) is 26.9. The van der Waals surface area contributed by atoms with Crippen LogP contribution in [0.1, 0.15) is 50.5 Å². The summed E-state index contributed by atoms with van der Waals surface area (Å²) in [6, 6.07) is 13.1. The van der Waals surface area contributed by atoms with E-state index in [0.29, 0.717) is 30.4 Å². The molecule has 0 amide bonds. The number of aromatic hydroxyl groups is 1. The van der Waals surface area contributed by atoms with E-state index in [-0.39, 0.29) is 17.7 Å². The Morgan fingerprint density at radius 3 is 2.38 bits per heavy atom. The second-order valence-electron chi connectivity index (χ2n) is 7.96. The van der Waals surface area contributed by atoms with Gasteiger partial charge >= 0.3 is 0 Å². The number of phenols is 1. The molecular formula is C23H33N3O3. The predicted octanol–water partition coefficient (Wildman–Crippen LogP) is 3.49. The molecule has 0 bridgehead atoms. The average molecular weight is 400 g/mol. The van der Waals surface area contributed by atoms with Gasteiger partial charge in [-0.15, -0.1) is 0 Å². The van der Waals surface area contributed by atoms with E-state index >= 15 is 0 Å². The summed E-state index contributed by atoms with van der Waals surface area (Å²) in [5.41, 5.74) is 2.83. The fourth-order valence-corrected chi connectivity index (χ4v) is 2.84. The number of nitrogens with one attached hydrogen (secondary N) is 2. The molecule has 0 heterocycles. The number of hydrogen-bond acceptors (Lipinski definition) is 4. The highest BCUT2D eigenvalue weighted by Crippen LogP contribution is 2.24. The van der Waals surface area contributed by atoms with E-state index in [0.717, 1.165) is 5.56 Å². The molecule has 1 atom stereocenters. The zero-order chi connectivity index (χ0) is 21.4. The van der Waals surface area contributed by atoms with Gasteiger partial charge in [-0.05, 0) is 41.7 Å². The Kier molecular flexibility index (Phi) is 7.91. The molecule has 0 spiro atoms. The largest absolute Gasteiger partial charge is 0.508 e. The van der Waals surface area contributed by atoms with Gasteiger partial charge in [-0.3, -0.25) is 0 Å². The van der Waals surface area contributed by atoms with Gasteiger partial charge in [-0.25, -0.2) is 4.99 Å². The third-order valence-electron chi connectivity index (χ3n) is 4.66. The zero-order valence-electron chi connectivity index (χ0n) is 18.0. The summed E-state index contributed by atoms with van der Waals surface area (Å²) >= 11 is 0. The van der Waals surface area contributed by atoms with Crippen LogP contribution in [0, 0.1) is 0 Å². The third kappa shape index (κ3) is 6.68. The Balaban J connectivity index is 2.02. The number of hydrogen-bond donors (Lipinski definition) is 4. The highest BCUT2D eigenvalue weighted by molar-refractivity contribution is 5.79. The lowest BCUT2D eigenvalue weighted by atomic mass is 9.86. The molecule has 0 saturated heterocycles. The maximum Gasteiger partial charge on any atom is 0.191 e. The number of aliphatic hydroxyl groups is 1. The summed E-state index contributed by atoms with van der Waals surface area (Å²) in [7, 11) is 1.58. The highest BCUT2D eigenvalue weighted by atomic mass is 16.5. The number of ether oxygens (including phenoxy) is 1. The number of nitrogens with zero attached hydrogens (tertiary/aromatic N) is 1. The van der Waals surface area contributed by atoms with Crippen LogP contribution in [0.3, 0.4) is 0 Å². The number of aliphatic imine (C=N–C) groups is 1. The van der Waals surface area contributed by atoms with Gasteiger partial charge in [0.25, 0.3) is 0 Å². The maximum absolute atomic E-state index is 10.5. The standard InChI is InChI=1S/C23H33N3O3/c1-6-24-22(25-14-17-13-19(29-5)11-12-20(17)27)26-15-21(28)16-7-9-18(10-8-16)23(2,3)4/h7-13,21,27-28H,6,14-15H2,1-5H3,(H2,24,25,26). The Hall–Kier alpha value is -2.73. The third-order valence-corrected chi connectivity index (χ3v) is 4.66. The molecular weight excluding hydrogens is 366 g/mol. The van der Waals surface area contributed by atoms with Crippen molar-refractivity contribution >= 4 is 5.96 Å². The first-order valence-corrected chi connectivity index (χ1v) is 9.91. The van der Waals surface area contributed by atoms with E-state index in [1.807, 2.05) is 19.1 Å². The van der Waals surface area contributed by atoms with Crippen molar-refractivity contribution in [2.24, 2.45) is 4.99 Å². The predicted molar refractivity (Wildman–Crippen MR) is 118 cm³/mol. The summed E-state index contributed by atoms with van der Waals surface area (Å²) < 4.78 is 5.20. The minimum absolute atomic E-state index is 0.0816. The van der Waals surface area contributed by atoms with Crippen LogP contribution >= 0.6 is 0 Å². The highest BCUT2D eigenvalue weighted by Gasteiger charge is 2.15. The molecule has 0 saturated carbocycles. The quantitative estimate of drug-likeness (QED) is 0.423. The molecule has 0 aromatic heterocycles. The number of methoxy groups -OCH3 is 1. The molecule has 2 rings (SSSR count). The van der Waals surface area contributed by atoms with E-state index in [1.54, 1.807) is 25.3 Å². The molecule has 0 aliphatic heterocycles.